The Balaban J connectivity index is 2.38. The molecule has 1 heterocycles. The predicted octanol–water partition coefficient (Wildman–Crippen LogP) is 2.80. The molecular formula is C15H13ClN2O3. The summed E-state index contributed by atoms with van der Waals surface area (Å²) in [6.45, 7) is 0. The van der Waals surface area contributed by atoms with E-state index in [2.05, 4.69) is 4.98 Å². The standard InChI is InChI=1S/C15H13ClN2O3/c1-18(14(19)11-7-5-9-13(16)17-11)12-8-4-3-6-10(12)15(20)21-2/h3-9H,1-2H3. The lowest BCUT2D eigenvalue weighted by atomic mass is 10.1. The van der Waals surface area contributed by atoms with Gasteiger partial charge in [-0.25, -0.2) is 9.78 Å². The molecule has 21 heavy (non-hydrogen) atoms. The van der Waals surface area contributed by atoms with Gasteiger partial charge in [-0.15, -0.1) is 0 Å². The molecule has 1 aromatic heterocycles. The number of carbonyl (C=O) groups excluding carboxylic acids is 2. The number of hydrogen-bond acceptors (Lipinski definition) is 4. The fourth-order valence-electron chi connectivity index (χ4n) is 1.86. The van der Waals surface area contributed by atoms with Crippen LogP contribution in [0.15, 0.2) is 42.5 Å². The Morgan fingerprint density at radius 3 is 2.52 bits per heavy atom. The molecule has 2 aromatic rings. The maximum absolute atomic E-state index is 12.4. The van der Waals surface area contributed by atoms with Crippen LogP contribution in [0.2, 0.25) is 5.15 Å². The average molecular weight is 305 g/mol. The summed E-state index contributed by atoms with van der Waals surface area (Å²) in [7, 11) is 2.85. The topological polar surface area (TPSA) is 59.5 Å². The highest BCUT2D eigenvalue weighted by atomic mass is 35.5. The summed E-state index contributed by atoms with van der Waals surface area (Å²) in [5.74, 6) is -0.877. The van der Waals surface area contributed by atoms with Crippen LogP contribution in [0.1, 0.15) is 20.8 Å². The molecule has 0 aliphatic heterocycles. The second-order valence-electron chi connectivity index (χ2n) is 4.22. The molecule has 5 nitrogen and oxygen atoms in total. The summed E-state index contributed by atoms with van der Waals surface area (Å²) in [5, 5.41) is 0.232. The Kier molecular flexibility index (Phi) is 4.55. The Morgan fingerprint density at radius 1 is 1.14 bits per heavy atom. The van der Waals surface area contributed by atoms with Gasteiger partial charge in [-0.1, -0.05) is 29.8 Å². The molecule has 0 fully saturated rings. The van der Waals surface area contributed by atoms with E-state index in [1.807, 2.05) is 0 Å². The zero-order chi connectivity index (χ0) is 15.4. The number of ether oxygens (including phenoxy) is 1. The van der Waals surface area contributed by atoms with Crippen LogP contribution in [0.3, 0.4) is 0 Å². The van der Waals surface area contributed by atoms with Gasteiger partial charge in [0.25, 0.3) is 5.91 Å². The number of carbonyl (C=O) groups is 2. The van der Waals surface area contributed by atoms with E-state index >= 15 is 0 Å². The minimum Gasteiger partial charge on any atom is -0.465 e. The number of pyridine rings is 1. The van der Waals surface area contributed by atoms with Crippen molar-refractivity contribution in [2.45, 2.75) is 0 Å². The summed E-state index contributed by atoms with van der Waals surface area (Å²) in [4.78, 5) is 29.5. The smallest absolute Gasteiger partial charge is 0.339 e. The minimum absolute atomic E-state index is 0.199. The maximum atomic E-state index is 12.4. The van der Waals surface area contributed by atoms with E-state index < -0.39 is 5.97 Å². The van der Waals surface area contributed by atoms with Crippen molar-refractivity contribution in [1.82, 2.24) is 4.98 Å². The number of methoxy groups -OCH3 is 1. The van der Waals surface area contributed by atoms with E-state index in [-0.39, 0.29) is 16.8 Å². The number of nitrogens with zero attached hydrogens (tertiary/aromatic N) is 2. The van der Waals surface area contributed by atoms with Crippen LogP contribution in [0.5, 0.6) is 0 Å². The molecule has 0 atom stereocenters. The van der Waals surface area contributed by atoms with E-state index in [4.69, 9.17) is 16.3 Å². The SMILES string of the molecule is COC(=O)c1ccccc1N(C)C(=O)c1cccc(Cl)n1. The number of halogens is 1. The van der Waals surface area contributed by atoms with Crippen LogP contribution < -0.4 is 4.90 Å². The Bertz CT molecular complexity index is 688. The Hall–Kier alpha value is -2.40. The van der Waals surface area contributed by atoms with Crippen molar-refractivity contribution < 1.29 is 14.3 Å². The van der Waals surface area contributed by atoms with Gasteiger partial charge in [0, 0.05) is 7.05 Å². The molecule has 0 saturated heterocycles. The van der Waals surface area contributed by atoms with Crippen LogP contribution in [0.4, 0.5) is 5.69 Å². The first kappa shape index (κ1) is 15.0. The molecule has 6 heteroatoms. The normalized spacial score (nSPS) is 10.0. The highest BCUT2D eigenvalue weighted by molar-refractivity contribution is 6.29. The largest absolute Gasteiger partial charge is 0.465 e. The van der Waals surface area contributed by atoms with E-state index in [9.17, 15) is 9.59 Å². The fraction of sp³-hybridized carbons (Fsp3) is 0.133. The Morgan fingerprint density at radius 2 is 1.86 bits per heavy atom. The van der Waals surface area contributed by atoms with Gasteiger partial charge < -0.3 is 9.64 Å². The number of esters is 1. The third-order valence-electron chi connectivity index (χ3n) is 2.91. The molecule has 0 spiro atoms. The van der Waals surface area contributed by atoms with Crippen LogP contribution in [0, 0.1) is 0 Å². The van der Waals surface area contributed by atoms with E-state index in [1.165, 1.54) is 12.0 Å². The summed E-state index contributed by atoms with van der Waals surface area (Å²) in [6.07, 6.45) is 0. The van der Waals surface area contributed by atoms with Crippen molar-refractivity contribution in [2.75, 3.05) is 19.1 Å². The van der Waals surface area contributed by atoms with Crippen molar-refractivity contribution in [3.05, 3.63) is 58.9 Å². The van der Waals surface area contributed by atoms with Gasteiger partial charge in [-0.2, -0.15) is 0 Å². The molecule has 2 rings (SSSR count). The molecule has 0 radical (unpaired) electrons. The number of rotatable bonds is 3. The lowest BCUT2D eigenvalue weighted by molar-refractivity contribution is 0.0601. The highest BCUT2D eigenvalue weighted by Gasteiger charge is 2.20. The summed E-state index contributed by atoms with van der Waals surface area (Å²) < 4.78 is 4.72. The number of para-hydroxylation sites is 1. The highest BCUT2D eigenvalue weighted by Crippen LogP contribution is 2.21. The van der Waals surface area contributed by atoms with Crippen LogP contribution >= 0.6 is 11.6 Å². The van der Waals surface area contributed by atoms with Crippen molar-refractivity contribution in [3.63, 3.8) is 0 Å². The monoisotopic (exact) mass is 304 g/mol. The quantitative estimate of drug-likeness (QED) is 0.646. The van der Waals surface area contributed by atoms with Crippen molar-refractivity contribution in [1.29, 1.82) is 0 Å². The first-order valence-corrected chi connectivity index (χ1v) is 6.50. The lowest BCUT2D eigenvalue weighted by Gasteiger charge is -2.19. The first-order valence-electron chi connectivity index (χ1n) is 6.12. The number of hydrogen-bond donors (Lipinski definition) is 0. The Labute approximate surface area is 127 Å². The van der Waals surface area contributed by atoms with E-state index in [1.54, 1.807) is 49.5 Å². The van der Waals surface area contributed by atoms with Gasteiger partial charge in [0.1, 0.15) is 10.8 Å². The van der Waals surface area contributed by atoms with Crippen LogP contribution in [-0.4, -0.2) is 31.0 Å². The van der Waals surface area contributed by atoms with Crippen molar-refractivity contribution in [2.24, 2.45) is 0 Å². The van der Waals surface area contributed by atoms with Gasteiger partial charge >= 0.3 is 5.97 Å². The molecular weight excluding hydrogens is 292 g/mol. The molecule has 108 valence electrons. The molecule has 1 aromatic carbocycles. The van der Waals surface area contributed by atoms with Gasteiger partial charge in [0.05, 0.1) is 18.4 Å². The average Bonchev–Trinajstić information content (AvgIpc) is 2.52. The van der Waals surface area contributed by atoms with Gasteiger partial charge in [0.15, 0.2) is 0 Å². The minimum atomic E-state index is -0.510. The zero-order valence-electron chi connectivity index (χ0n) is 11.5. The lowest BCUT2D eigenvalue weighted by Crippen LogP contribution is -2.28. The molecule has 0 aliphatic carbocycles. The number of aromatic nitrogens is 1. The van der Waals surface area contributed by atoms with Crippen molar-refractivity contribution in [3.8, 4) is 0 Å². The van der Waals surface area contributed by atoms with Gasteiger partial charge in [-0.3, -0.25) is 4.79 Å². The van der Waals surface area contributed by atoms with Crippen LogP contribution in [-0.2, 0) is 4.74 Å². The van der Waals surface area contributed by atoms with Gasteiger partial charge in [0.2, 0.25) is 0 Å². The molecule has 0 saturated carbocycles. The van der Waals surface area contributed by atoms with E-state index in [0.29, 0.717) is 11.3 Å². The molecule has 0 bridgehead atoms. The first-order chi connectivity index (χ1) is 10.0. The maximum Gasteiger partial charge on any atom is 0.339 e. The summed E-state index contributed by atoms with van der Waals surface area (Å²) in [5.41, 5.74) is 0.943. The summed E-state index contributed by atoms with van der Waals surface area (Å²) >= 11 is 5.79. The third-order valence-corrected chi connectivity index (χ3v) is 3.12. The molecule has 0 N–H and O–H groups in total. The van der Waals surface area contributed by atoms with Crippen LogP contribution in [0.25, 0.3) is 0 Å². The van der Waals surface area contributed by atoms with Crippen molar-refractivity contribution >= 4 is 29.2 Å². The fourth-order valence-corrected chi connectivity index (χ4v) is 2.02. The summed E-state index contributed by atoms with van der Waals surface area (Å²) in [6, 6.07) is 11.5. The number of benzene rings is 1. The molecule has 0 unspecified atom stereocenters. The second-order valence-corrected chi connectivity index (χ2v) is 4.61. The third kappa shape index (κ3) is 3.20. The number of anilines is 1. The molecule has 0 aliphatic rings. The number of amides is 1. The van der Waals surface area contributed by atoms with E-state index in [0.717, 1.165) is 0 Å². The van der Waals surface area contributed by atoms with Gasteiger partial charge in [-0.05, 0) is 24.3 Å². The predicted molar refractivity (Wildman–Crippen MR) is 79.8 cm³/mol. The zero-order valence-corrected chi connectivity index (χ0v) is 12.3. The second kappa shape index (κ2) is 6.37. The molecule has 1 amide bonds.